The first-order chi connectivity index (χ1) is 21.6. The molecule has 1 N–H and O–H groups in total. The third kappa shape index (κ3) is 7.14. The largest absolute Gasteiger partial charge is 0.491 e. The van der Waals surface area contributed by atoms with Crippen LogP contribution >= 0.6 is 0 Å². The first-order valence-electron chi connectivity index (χ1n) is 14.8. The van der Waals surface area contributed by atoms with Crippen molar-refractivity contribution in [1.82, 2.24) is 0 Å². The van der Waals surface area contributed by atoms with Crippen LogP contribution < -0.4 is 14.6 Å². The Morgan fingerprint density at radius 2 is 1.20 bits per heavy atom. The number of hydrogen-bond donors (Lipinski definition) is 1. The Kier molecular flexibility index (Phi) is 8.96. The second-order valence-electron chi connectivity index (χ2n) is 10.7. The molecule has 0 spiro atoms. The third-order valence-electron chi connectivity index (χ3n) is 7.37. The van der Waals surface area contributed by atoms with Crippen LogP contribution in [-0.4, -0.2) is 30.6 Å². The summed E-state index contributed by atoms with van der Waals surface area (Å²) in [6.45, 7) is 2.51. The minimum atomic E-state index is -0.756. The maximum Gasteiger partial charge on any atom is 0.120 e. The van der Waals surface area contributed by atoms with Crippen molar-refractivity contribution < 1.29 is 9.84 Å². The highest BCUT2D eigenvalue weighted by molar-refractivity contribution is 5.85. The van der Waals surface area contributed by atoms with E-state index >= 15 is 0 Å². The Hall–Kier alpha value is -5.39. The van der Waals surface area contributed by atoms with Gasteiger partial charge in [-0.05, 0) is 83.9 Å². The molecule has 5 nitrogen and oxygen atoms in total. The average molecular weight is 578 g/mol. The smallest absolute Gasteiger partial charge is 0.120 e. The lowest BCUT2D eigenvalue weighted by atomic mass is 10.1. The van der Waals surface area contributed by atoms with Crippen molar-refractivity contribution in [3.8, 4) is 5.75 Å². The van der Waals surface area contributed by atoms with E-state index in [-0.39, 0.29) is 13.2 Å². The van der Waals surface area contributed by atoms with E-state index in [0.29, 0.717) is 0 Å². The zero-order chi connectivity index (χ0) is 30.1. The summed E-state index contributed by atoms with van der Waals surface area (Å²) in [5, 5.41) is 19.8. The molecule has 0 heterocycles. The summed E-state index contributed by atoms with van der Waals surface area (Å²) in [5.74, 6) is 0.733. The Bertz CT molecular complexity index is 1770. The van der Waals surface area contributed by atoms with E-state index < -0.39 is 6.10 Å². The molecule has 0 aromatic heterocycles. The van der Waals surface area contributed by atoms with Crippen molar-refractivity contribution in [1.29, 1.82) is 0 Å². The minimum absolute atomic E-state index is 0.152. The van der Waals surface area contributed by atoms with E-state index in [1.165, 1.54) is 5.56 Å². The molecule has 44 heavy (non-hydrogen) atoms. The van der Waals surface area contributed by atoms with Gasteiger partial charge in [0.05, 0.1) is 18.4 Å². The summed E-state index contributed by atoms with van der Waals surface area (Å²) >= 11 is 0. The summed E-state index contributed by atoms with van der Waals surface area (Å²) in [7, 11) is 0. The van der Waals surface area contributed by atoms with Crippen LogP contribution in [0.2, 0.25) is 0 Å². The van der Waals surface area contributed by atoms with Gasteiger partial charge in [0, 0.05) is 17.1 Å². The first-order valence-corrected chi connectivity index (χ1v) is 14.8. The van der Waals surface area contributed by atoms with E-state index in [2.05, 4.69) is 78.6 Å². The maximum absolute atomic E-state index is 11.0. The van der Waals surface area contributed by atoms with E-state index in [1.807, 2.05) is 96.2 Å². The second-order valence-corrected chi connectivity index (χ2v) is 10.7. The van der Waals surface area contributed by atoms with E-state index in [1.54, 1.807) is 0 Å². The van der Waals surface area contributed by atoms with Gasteiger partial charge in [-0.25, -0.2) is 0 Å². The van der Waals surface area contributed by atoms with Gasteiger partial charge in [0.25, 0.3) is 0 Å². The molecular formula is C39H35N3O2. The molecule has 0 fully saturated rings. The number of hydrogen-bond acceptors (Lipinski definition) is 5. The fraction of sp³-hybridized carbons (Fsp3) is 0.103. The lowest BCUT2D eigenvalue weighted by molar-refractivity contribution is 0.112. The summed E-state index contributed by atoms with van der Waals surface area (Å²) < 4.78 is 5.99. The lowest BCUT2D eigenvalue weighted by Gasteiger charge is -2.25. The number of anilines is 4. The van der Waals surface area contributed by atoms with Crippen LogP contribution in [0.1, 0.15) is 11.1 Å². The number of hydrazone groups is 1. The fourth-order valence-corrected chi connectivity index (χ4v) is 5.15. The monoisotopic (exact) mass is 577 g/mol. The molecule has 6 aromatic rings. The molecular weight excluding hydrogens is 542 g/mol. The number of benzene rings is 6. The van der Waals surface area contributed by atoms with Crippen LogP contribution in [0.5, 0.6) is 5.75 Å². The highest BCUT2D eigenvalue weighted by Crippen LogP contribution is 2.34. The first kappa shape index (κ1) is 28.7. The molecule has 0 saturated heterocycles. The van der Waals surface area contributed by atoms with Gasteiger partial charge in [-0.1, -0.05) is 96.6 Å². The topological polar surface area (TPSA) is 48.3 Å². The van der Waals surface area contributed by atoms with Crippen LogP contribution in [0.4, 0.5) is 22.7 Å². The van der Waals surface area contributed by atoms with Gasteiger partial charge in [-0.15, -0.1) is 0 Å². The van der Waals surface area contributed by atoms with Gasteiger partial charge in [0.15, 0.2) is 0 Å². The SMILES string of the molecule is Cc1ccc2ccc(OCC(O)CN(/N=C\c3ccc(N(c4ccccc4)c4ccccc4)cc3)c3ccccc3)cc2c1. The van der Waals surface area contributed by atoms with Crippen molar-refractivity contribution in [2.45, 2.75) is 13.0 Å². The fourth-order valence-electron chi connectivity index (χ4n) is 5.15. The number of rotatable bonds is 11. The predicted molar refractivity (Wildman–Crippen MR) is 183 cm³/mol. The number of aliphatic hydroxyl groups is 1. The summed E-state index contributed by atoms with van der Waals surface area (Å²) in [5.41, 5.74) is 6.27. The number of fused-ring (bicyclic) bond motifs is 1. The van der Waals surface area contributed by atoms with Gasteiger partial charge in [-0.2, -0.15) is 5.10 Å². The normalized spacial score (nSPS) is 11.9. The Labute approximate surface area is 258 Å². The van der Waals surface area contributed by atoms with Crippen molar-refractivity contribution >= 4 is 39.7 Å². The summed E-state index contributed by atoms with van der Waals surface area (Å²) in [6, 6.07) is 51.2. The molecule has 0 saturated carbocycles. The second kappa shape index (κ2) is 13.7. The lowest BCUT2D eigenvalue weighted by Crippen LogP contribution is -2.32. The third-order valence-corrected chi connectivity index (χ3v) is 7.37. The molecule has 0 amide bonds. The molecule has 1 atom stereocenters. The molecule has 218 valence electrons. The van der Waals surface area contributed by atoms with Crippen molar-refractivity contribution in [2.75, 3.05) is 23.1 Å². The standard InChI is InChI=1S/C39H35N3O2/c1-30-17-20-32-21-24-39(26-33(32)25-30)44-29-38(43)28-41(34-11-5-2-6-12-34)40-27-31-18-22-37(23-19-31)42(35-13-7-3-8-14-35)36-15-9-4-10-16-36/h2-27,38,43H,28-29H2,1H3/b40-27-. The quantitative estimate of drug-likeness (QED) is 0.123. The van der Waals surface area contributed by atoms with E-state index in [0.717, 1.165) is 44.8 Å². The van der Waals surface area contributed by atoms with Gasteiger partial charge in [0.2, 0.25) is 0 Å². The number of nitrogens with zero attached hydrogens (tertiary/aromatic N) is 3. The van der Waals surface area contributed by atoms with Crippen molar-refractivity contribution in [2.24, 2.45) is 5.10 Å². The number of aryl methyl sites for hydroxylation is 1. The van der Waals surface area contributed by atoms with Crippen LogP contribution in [0.15, 0.2) is 157 Å². The van der Waals surface area contributed by atoms with Crippen molar-refractivity contribution in [3.63, 3.8) is 0 Å². The van der Waals surface area contributed by atoms with Crippen LogP contribution in [0, 0.1) is 6.92 Å². The van der Waals surface area contributed by atoms with Crippen molar-refractivity contribution in [3.05, 3.63) is 163 Å². The highest BCUT2D eigenvalue weighted by Gasteiger charge is 2.14. The number of aliphatic hydroxyl groups excluding tert-OH is 1. The van der Waals surface area contributed by atoms with Crippen LogP contribution in [0.3, 0.4) is 0 Å². The highest BCUT2D eigenvalue weighted by atomic mass is 16.5. The van der Waals surface area contributed by atoms with Gasteiger partial charge < -0.3 is 14.7 Å². The van der Waals surface area contributed by atoms with Gasteiger partial charge >= 0.3 is 0 Å². The molecule has 5 heteroatoms. The summed E-state index contributed by atoms with van der Waals surface area (Å²) in [4.78, 5) is 2.23. The van der Waals surface area contributed by atoms with E-state index in [4.69, 9.17) is 9.84 Å². The molecule has 6 rings (SSSR count). The van der Waals surface area contributed by atoms with Gasteiger partial charge in [0.1, 0.15) is 18.5 Å². The maximum atomic E-state index is 11.0. The zero-order valence-electron chi connectivity index (χ0n) is 24.7. The number of ether oxygens (including phenoxy) is 1. The molecule has 0 bridgehead atoms. The number of para-hydroxylation sites is 3. The van der Waals surface area contributed by atoms with Crippen LogP contribution in [0.25, 0.3) is 10.8 Å². The molecule has 1 unspecified atom stereocenters. The van der Waals surface area contributed by atoms with Gasteiger partial charge in [-0.3, -0.25) is 5.01 Å². The minimum Gasteiger partial charge on any atom is -0.491 e. The molecule has 0 aliphatic rings. The average Bonchev–Trinajstić information content (AvgIpc) is 3.07. The summed E-state index contributed by atoms with van der Waals surface area (Å²) in [6.07, 6.45) is 1.07. The molecule has 6 aromatic carbocycles. The van der Waals surface area contributed by atoms with Crippen LogP contribution in [-0.2, 0) is 0 Å². The predicted octanol–water partition coefficient (Wildman–Crippen LogP) is 8.90. The molecule has 0 aliphatic carbocycles. The van der Waals surface area contributed by atoms with E-state index in [9.17, 15) is 5.11 Å². The Morgan fingerprint density at radius 1 is 0.636 bits per heavy atom. The molecule has 0 radical (unpaired) electrons. The Balaban J connectivity index is 1.16. The molecule has 0 aliphatic heterocycles. The Morgan fingerprint density at radius 3 is 1.84 bits per heavy atom. The zero-order valence-corrected chi connectivity index (χ0v) is 24.7.